The number of hydrogen-bond donors (Lipinski definition) is 1. The Labute approximate surface area is 129 Å². The highest BCUT2D eigenvalue weighted by Crippen LogP contribution is 2.36. The smallest absolute Gasteiger partial charge is 0.309 e. The molecule has 0 aliphatic rings. The number of rotatable bonds is 3. The second kappa shape index (κ2) is 6.15. The molecule has 6 heteroatoms. The highest BCUT2D eigenvalue weighted by atomic mass is 79.9. The van der Waals surface area contributed by atoms with E-state index in [1.807, 2.05) is 25.1 Å². The zero-order chi connectivity index (χ0) is 15.6. The third-order valence-corrected chi connectivity index (χ3v) is 4.14. The van der Waals surface area contributed by atoms with E-state index in [1.165, 1.54) is 6.20 Å². The summed E-state index contributed by atoms with van der Waals surface area (Å²) < 4.78 is 40.3. The van der Waals surface area contributed by atoms with E-state index < -0.39 is 17.8 Å². The Kier molecular flexibility index (Phi) is 4.68. The molecule has 1 unspecified atom stereocenters. The fourth-order valence-corrected chi connectivity index (χ4v) is 2.58. The van der Waals surface area contributed by atoms with Crippen LogP contribution in [0.3, 0.4) is 0 Å². The van der Waals surface area contributed by atoms with Crippen LogP contribution in [0.2, 0.25) is 0 Å². The van der Waals surface area contributed by atoms with Crippen molar-refractivity contribution in [3.63, 3.8) is 0 Å². The van der Waals surface area contributed by atoms with E-state index in [4.69, 9.17) is 0 Å². The molecule has 1 N–H and O–H groups in total. The molecule has 0 amide bonds. The van der Waals surface area contributed by atoms with Gasteiger partial charge in [-0.2, -0.15) is 13.2 Å². The van der Waals surface area contributed by atoms with E-state index in [1.54, 1.807) is 7.05 Å². The standard InChI is InChI=1S/C15H14BrF3N2/c1-9-3-4-10(7-13(9)16)14(20-2)11-8-21-6-5-12(11)15(17,18)19/h3-8,14,20H,1-2H3. The van der Waals surface area contributed by atoms with E-state index in [0.29, 0.717) is 0 Å². The van der Waals surface area contributed by atoms with Crippen LogP contribution in [-0.4, -0.2) is 12.0 Å². The van der Waals surface area contributed by atoms with Crippen LogP contribution < -0.4 is 5.32 Å². The van der Waals surface area contributed by atoms with Gasteiger partial charge in [-0.15, -0.1) is 0 Å². The van der Waals surface area contributed by atoms with Gasteiger partial charge >= 0.3 is 6.18 Å². The van der Waals surface area contributed by atoms with Crippen molar-refractivity contribution in [1.82, 2.24) is 10.3 Å². The number of nitrogens with one attached hydrogen (secondary N) is 1. The van der Waals surface area contributed by atoms with Crippen LogP contribution in [0.4, 0.5) is 13.2 Å². The fraction of sp³-hybridized carbons (Fsp3) is 0.267. The lowest BCUT2D eigenvalue weighted by Crippen LogP contribution is -2.22. The van der Waals surface area contributed by atoms with Crippen LogP contribution in [0.15, 0.2) is 41.1 Å². The van der Waals surface area contributed by atoms with Crippen LogP contribution in [0.25, 0.3) is 0 Å². The van der Waals surface area contributed by atoms with Gasteiger partial charge in [-0.05, 0) is 37.2 Å². The molecule has 0 bridgehead atoms. The molecule has 0 radical (unpaired) electrons. The SMILES string of the molecule is CNC(c1ccc(C)c(Br)c1)c1cnccc1C(F)(F)F. The lowest BCUT2D eigenvalue weighted by molar-refractivity contribution is -0.138. The summed E-state index contributed by atoms with van der Waals surface area (Å²) in [4.78, 5) is 3.84. The van der Waals surface area contributed by atoms with Crippen LogP contribution in [0.1, 0.15) is 28.3 Å². The topological polar surface area (TPSA) is 24.9 Å². The molecular weight excluding hydrogens is 345 g/mol. The molecule has 0 fully saturated rings. The van der Waals surface area contributed by atoms with Crippen LogP contribution >= 0.6 is 15.9 Å². The number of nitrogens with zero attached hydrogens (tertiary/aromatic N) is 1. The molecule has 2 aromatic rings. The van der Waals surface area contributed by atoms with E-state index >= 15 is 0 Å². The molecule has 1 atom stereocenters. The third-order valence-electron chi connectivity index (χ3n) is 3.29. The first kappa shape index (κ1) is 16.0. The summed E-state index contributed by atoms with van der Waals surface area (Å²) >= 11 is 3.41. The highest BCUT2D eigenvalue weighted by molar-refractivity contribution is 9.10. The van der Waals surface area contributed by atoms with Gasteiger partial charge in [0.1, 0.15) is 0 Å². The van der Waals surface area contributed by atoms with Crippen molar-refractivity contribution in [2.75, 3.05) is 7.05 Å². The van der Waals surface area contributed by atoms with Crippen molar-refractivity contribution in [2.24, 2.45) is 0 Å². The second-order valence-electron chi connectivity index (χ2n) is 4.69. The molecule has 1 aromatic heterocycles. The monoisotopic (exact) mass is 358 g/mol. The molecule has 2 nitrogen and oxygen atoms in total. The summed E-state index contributed by atoms with van der Waals surface area (Å²) in [5.41, 5.74) is 1.21. The minimum absolute atomic E-state index is 0.114. The summed E-state index contributed by atoms with van der Waals surface area (Å²) in [6, 6.07) is 5.93. The molecule has 0 spiro atoms. The minimum Gasteiger partial charge on any atom is -0.309 e. The Balaban J connectivity index is 2.54. The van der Waals surface area contributed by atoms with Gasteiger partial charge in [0.05, 0.1) is 11.6 Å². The van der Waals surface area contributed by atoms with Gasteiger partial charge in [0.2, 0.25) is 0 Å². The quantitative estimate of drug-likeness (QED) is 0.874. The first-order valence-electron chi connectivity index (χ1n) is 6.29. The van der Waals surface area contributed by atoms with Crippen molar-refractivity contribution in [1.29, 1.82) is 0 Å². The number of halogens is 4. The number of aryl methyl sites for hydroxylation is 1. The normalized spacial score (nSPS) is 13.2. The fourth-order valence-electron chi connectivity index (χ4n) is 2.19. The molecule has 0 saturated heterocycles. The summed E-state index contributed by atoms with van der Waals surface area (Å²) in [5, 5.41) is 2.93. The molecule has 21 heavy (non-hydrogen) atoms. The molecule has 0 saturated carbocycles. The minimum atomic E-state index is -4.41. The van der Waals surface area contributed by atoms with Gasteiger partial charge < -0.3 is 5.32 Å². The van der Waals surface area contributed by atoms with Gasteiger partial charge in [-0.1, -0.05) is 28.1 Å². The van der Waals surface area contributed by atoms with Gasteiger partial charge in [-0.3, -0.25) is 4.98 Å². The Morgan fingerprint density at radius 2 is 1.95 bits per heavy atom. The Bertz CT molecular complexity index is 641. The first-order chi connectivity index (χ1) is 9.84. The summed E-state index contributed by atoms with van der Waals surface area (Å²) in [6.45, 7) is 1.92. The van der Waals surface area contributed by atoms with E-state index in [2.05, 4.69) is 26.2 Å². The lowest BCUT2D eigenvalue weighted by Gasteiger charge is -2.21. The van der Waals surface area contributed by atoms with Gasteiger partial charge in [-0.25, -0.2) is 0 Å². The number of benzene rings is 1. The zero-order valence-corrected chi connectivity index (χ0v) is 13.1. The third kappa shape index (κ3) is 3.44. The van der Waals surface area contributed by atoms with Crippen LogP contribution in [-0.2, 0) is 6.18 Å². The van der Waals surface area contributed by atoms with Crippen molar-refractivity contribution in [3.8, 4) is 0 Å². The van der Waals surface area contributed by atoms with Crippen molar-refractivity contribution in [3.05, 3.63) is 63.4 Å². The molecule has 1 heterocycles. The number of aromatic nitrogens is 1. The predicted octanol–water partition coefficient (Wildman–Crippen LogP) is 4.48. The average molecular weight is 359 g/mol. The average Bonchev–Trinajstić information content (AvgIpc) is 2.43. The maximum absolute atomic E-state index is 13.1. The summed E-state index contributed by atoms with van der Waals surface area (Å²) in [7, 11) is 1.63. The lowest BCUT2D eigenvalue weighted by atomic mass is 9.95. The Hall–Kier alpha value is -1.40. The first-order valence-corrected chi connectivity index (χ1v) is 7.08. The van der Waals surface area contributed by atoms with E-state index in [-0.39, 0.29) is 5.56 Å². The van der Waals surface area contributed by atoms with Crippen molar-refractivity contribution >= 4 is 15.9 Å². The zero-order valence-electron chi connectivity index (χ0n) is 11.5. The number of hydrogen-bond acceptors (Lipinski definition) is 2. The predicted molar refractivity (Wildman–Crippen MR) is 79.0 cm³/mol. The maximum atomic E-state index is 13.1. The van der Waals surface area contributed by atoms with Crippen LogP contribution in [0, 0.1) is 6.92 Å². The van der Waals surface area contributed by atoms with Crippen molar-refractivity contribution in [2.45, 2.75) is 19.1 Å². The molecule has 2 rings (SSSR count). The Morgan fingerprint density at radius 3 is 2.52 bits per heavy atom. The maximum Gasteiger partial charge on any atom is 0.416 e. The molecule has 0 aliphatic heterocycles. The number of alkyl halides is 3. The van der Waals surface area contributed by atoms with Gasteiger partial charge in [0.15, 0.2) is 0 Å². The van der Waals surface area contributed by atoms with Gasteiger partial charge in [0.25, 0.3) is 0 Å². The molecular formula is C15H14BrF3N2. The van der Waals surface area contributed by atoms with Gasteiger partial charge in [0, 0.05) is 22.4 Å². The summed E-state index contributed by atoms with van der Waals surface area (Å²) in [5.74, 6) is 0. The van der Waals surface area contributed by atoms with E-state index in [9.17, 15) is 13.2 Å². The molecule has 112 valence electrons. The summed E-state index contributed by atoms with van der Waals surface area (Å²) in [6.07, 6.45) is -1.99. The Morgan fingerprint density at radius 1 is 1.24 bits per heavy atom. The second-order valence-corrected chi connectivity index (χ2v) is 5.55. The largest absolute Gasteiger partial charge is 0.416 e. The highest BCUT2D eigenvalue weighted by Gasteiger charge is 2.35. The van der Waals surface area contributed by atoms with E-state index in [0.717, 1.165) is 27.9 Å². The molecule has 1 aromatic carbocycles. The number of pyridine rings is 1. The molecule has 0 aliphatic carbocycles. The van der Waals surface area contributed by atoms with Crippen LogP contribution in [0.5, 0.6) is 0 Å². The van der Waals surface area contributed by atoms with Crippen molar-refractivity contribution < 1.29 is 13.2 Å².